The predicted octanol–water partition coefficient (Wildman–Crippen LogP) is 2.07. The average Bonchev–Trinajstić information content (AvgIpc) is 2.74. The Hall–Kier alpha value is -3.99. The molecule has 2 N–H and O–H groups in total. The summed E-state index contributed by atoms with van der Waals surface area (Å²) in [6.45, 7) is 0.00000373. The highest BCUT2D eigenvalue weighted by Gasteiger charge is 2.07. The minimum atomic E-state index is -0.595. The van der Waals surface area contributed by atoms with Crippen LogP contribution < -0.4 is 19.9 Å². The SMILES string of the molecule is COc1cc(/C=C/C(=O)OCCOc2ccc(C#N)cc2)ccc1OCC(N)=O. The van der Waals surface area contributed by atoms with E-state index in [1.54, 1.807) is 48.5 Å². The number of carbonyl (C=O) groups excluding carboxylic acids is 2. The minimum Gasteiger partial charge on any atom is -0.493 e. The number of carbonyl (C=O) groups is 2. The fraction of sp³-hybridized carbons (Fsp3) is 0.190. The molecule has 2 aromatic carbocycles. The van der Waals surface area contributed by atoms with Crippen LogP contribution in [0.4, 0.5) is 0 Å². The van der Waals surface area contributed by atoms with Crippen molar-refractivity contribution in [3.05, 3.63) is 59.7 Å². The van der Waals surface area contributed by atoms with Gasteiger partial charge in [0, 0.05) is 6.08 Å². The van der Waals surface area contributed by atoms with Crippen LogP contribution >= 0.6 is 0 Å². The first-order valence-corrected chi connectivity index (χ1v) is 8.58. The number of esters is 1. The lowest BCUT2D eigenvalue weighted by Gasteiger charge is -2.10. The number of methoxy groups -OCH3 is 1. The van der Waals surface area contributed by atoms with Gasteiger partial charge in [0.2, 0.25) is 0 Å². The number of nitriles is 1. The Labute approximate surface area is 168 Å². The number of hydrogen-bond acceptors (Lipinski definition) is 7. The predicted molar refractivity (Wildman–Crippen MR) is 104 cm³/mol. The van der Waals surface area contributed by atoms with Crippen LogP contribution in [0.3, 0.4) is 0 Å². The van der Waals surface area contributed by atoms with E-state index < -0.39 is 11.9 Å². The molecule has 0 radical (unpaired) electrons. The number of nitrogens with two attached hydrogens (primary N) is 1. The third-order valence-corrected chi connectivity index (χ3v) is 3.55. The van der Waals surface area contributed by atoms with Crippen LogP contribution in [-0.4, -0.2) is 38.8 Å². The van der Waals surface area contributed by atoms with Crippen molar-refractivity contribution >= 4 is 18.0 Å². The second-order valence-electron chi connectivity index (χ2n) is 5.65. The summed E-state index contributed by atoms with van der Waals surface area (Å²) < 4.78 is 20.9. The summed E-state index contributed by atoms with van der Waals surface area (Å²) in [4.78, 5) is 22.6. The van der Waals surface area contributed by atoms with Crippen LogP contribution in [0.2, 0.25) is 0 Å². The third kappa shape index (κ3) is 7.27. The monoisotopic (exact) mass is 396 g/mol. The van der Waals surface area contributed by atoms with Crippen molar-refractivity contribution < 1.29 is 28.5 Å². The molecule has 8 nitrogen and oxygen atoms in total. The van der Waals surface area contributed by atoms with E-state index in [4.69, 9.17) is 29.9 Å². The molecule has 0 atom stereocenters. The molecule has 0 aromatic heterocycles. The average molecular weight is 396 g/mol. The van der Waals surface area contributed by atoms with Crippen LogP contribution in [0.5, 0.6) is 17.2 Å². The molecule has 0 unspecified atom stereocenters. The van der Waals surface area contributed by atoms with Crippen LogP contribution in [0.1, 0.15) is 11.1 Å². The fourth-order valence-electron chi connectivity index (χ4n) is 2.20. The van der Waals surface area contributed by atoms with E-state index in [0.29, 0.717) is 28.4 Å². The van der Waals surface area contributed by atoms with Gasteiger partial charge in [-0.15, -0.1) is 0 Å². The lowest BCUT2D eigenvalue weighted by molar-refractivity contribution is -0.138. The Morgan fingerprint density at radius 1 is 1.07 bits per heavy atom. The van der Waals surface area contributed by atoms with Crippen LogP contribution in [0, 0.1) is 11.3 Å². The molecule has 0 spiro atoms. The summed E-state index contributed by atoms with van der Waals surface area (Å²) in [6.07, 6.45) is 2.84. The minimum absolute atomic E-state index is 0.0758. The lowest BCUT2D eigenvalue weighted by atomic mass is 10.2. The Bertz CT molecular complexity index is 916. The van der Waals surface area contributed by atoms with Crippen LogP contribution in [0.25, 0.3) is 6.08 Å². The Morgan fingerprint density at radius 2 is 1.83 bits per heavy atom. The second-order valence-corrected chi connectivity index (χ2v) is 5.65. The van der Waals surface area contributed by atoms with Gasteiger partial charge in [0.25, 0.3) is 5.91 Å². The molecule has 2 aromatic rings. The quantitative estimate of drug-likeness (QED) is 0.371. The van der Waals surface area contributed by atoms with Crippen molar-refractivity contribution in [2.24, 2.45) is 5.73 Å². The number of ether oxygens (including phenoxy) is 4. The third-order valence-electron chi connectivity index (χ3n) is 3.55. The number of primary amides is 1. The van der Waals surface area contributed by atoms with E-state index in [0.717, 1.165) is 0 Å². The van der Waals surface area contributed by atoms with E-state index in [9.17, 15) is 9.59 Å². The number of amides is 1. The van der Waals surface area contributed by atoms with E-state index in [-0.39, 0.29) is 19.8 Å². The maximum atomic E-state index is 11.8. The smallest absolute Gasteiger partial charge is 0.330 e. The van der Waals surface area contributed by atoms with Crippen LogP contribution in [0.15, 0.2) is 48.5 Å². The van der Waals surface area contributed by atoms with Gasteiger partial charge in [-0.2, -0.15) is 5.26 Å². The lowest BCUT2D eigenvalue weighted by Crippen LogP contribution is -2.20. The fourth-order valence-corrected chi connectivity index (χ4v) is 2.20. The van der Waals surface area contributed by atoms with Gasteiger partial charge in [0.05, 0.1) is 18.7 Å². The molecule has 150 valence electrons. The van der Waals surface area contributed by atoms with E-state index >= 15 is 0 Å². The summed E-state index contributed by atoms with van der Waals surface area (Å²) >= 11 is 0. The van der Waals surface area contributed by atoms with Gasteiger partial charge in [-0.3, -0.25) is 4.79 Å². The molecule has 8 heteroatoms. The van der Waals surface area contributed by atoms with Gasteiger partial charge in [0.15, 0.2) is 18.1 Å². The molecule has 0 fully saturated rings. The van der Waals surface area contributed by atoms with Crippen molar-refractivity contribution in [2.75, 3.05) is 26.9 Å². The number of nitrogens with zero attached hydrogens (tertiary/aromatic N) is 1. The largest absolute Gasteiger partial charge is 0.493 e. The Morgan fingerprint density at radius 3 is 2.48 bits per heavy atom. The van der Waals surface area contributed by atoms with Crippen molar-refractivity contribution in [1.29, 1.82) is 5.26 Å². The summed E-state index contributed by atoms with van der Waals surface area (Å²) in [7, 11) is 1.46. The van der Waals surface area contributed by atoms with Crippen molar-refractivity contribution in [3.8, 4) is 23.3 Å². The molecule has 0 aliphatic carbocycles. The summed E-state index contributed by atoms with van der Waals surface area (Å²) in [5, 5.41) is 8.74. The first-order valence-electron chi connectivity index (χ1n) is 8.58. The summed E-state index contributed by atoms with van der Waals surface area (Å²) in [6, 6.07) is 13.6. The first-order chi connectivity index (χ1) is 14.0. The molecule has 0 aliphatic rings. The molecular formula is C21H20N2O6. The van der Waals surface area contributed by atoms with Crippen molar-refractivity contribution in [2.45, 2.75) is 0 Å². The number of benzene rings is 2. The maximum absolute atomic E-state index is 11.8. The normalized spacial score (nSPS) is 10.2. The summed E-state index contributed by atoms with van der Waals surface area (Å²) in [5.41, 5.74) is 6.27. The van der Waals surface area contributed by atoms with Gasteiger partial charge in [-0.1, -0.05) is 6.07 Å². The highest BCUT2D eigenvalue weighted by Crippen LogP contribution is 2.28. The number of hydrogen-bond donors (Lipinski definition) is 1. The molecule has 0 aliphatic heterocycles. The number of rotatable bonds is 10. The highest BCUT2D eigenvalue weighted by atomic mass is 16.6. The molecule has 29 heavy (non-hydrogen) atoms. The standard InChI is InChI=1S/C21H20N2O6/c1-26-19-12-15(4-8-18(19)29-14-20(23)24)5-9-21(25)28-11-10-27-17-6-2-16(13-22)3-7-17/h2-9,12H,10-11,14H2,1H3,(H2,23,24)/b9-5+. The van der Waals surface area contributed by atoms with E-state index in [1.165, 1.54) is 13.2 Å². The zero-order chi connectivity index (χ0) is 21.1. The zero-order valence-electron chi connectivity index (χ0n) is 15.8. The maximum Gasteiger partial charge on any atom is 0.330 e. The highest BCUT2D eigenvalue weighted by molar-refractivity contribution is 5.87. The van der Waals surface area contributed by atoms with Gasteiger partial charge in [-0.05, 0) is 48.0 Å². The van der Waals surface area contributed by atoms with Gasteiger partial charge in [-0.25, -0.2) is 4.79 Å². The molecule has 0 heterocycles. The Kier molecular flexibility index (Phi) is 8.08. The van der Waals surface area contributed by atoms with E-state index in [1.807, 2.05) is 6.07 Å². The zero-order valence-corrected chi connectivity index (χ0v) is 15.8. The van der Waals surface area contributed by atoms with Crippen LogP contribution in [-0.2, 0) is 14.3 Å². The van der Waals surface area contributed by atoms with Gasteiger partial charge < -0.3 is 24.7 Å². The molecule has 0 bridgehead atoms. The Balaban J connectivity index is 1.80. The first kappa shape index (κ1) is 21.3. The molecule has 0 saturated heterocycles. The topological polar surface area (TPSA) is 121 Å². The molecular weight excluding hydrogens is 376 g/mol. The van der Waals surface area contributed by atoms with Crippen molar-refractivity contribution in [1.82, 2.24) is 0 Å². The van der Waals surface area contributed by atoms with E-state index in [2.05, 4.69) is 0 Å². The second kappa shape index (κ2) is 11.0. The summed E-state index contributed by atoms with van der Waals surface area (Å²) in [5.74, 6) is 0.230. The van der Waals surface area contributed by atoms with Gasteiger partial charge in [0.1, 0.15) is 19.0 Å². The molecule has 1 amide bonds. The van der Waals surface area contributed by atoms with Gasteiger partial charge >= 0.3 is 5.97 Å². The molecule has 2 rings (SSSR count). The molecule has 0 saturated carbocycles. The van der Waals surface area contributed by atoms with Crippen molar-refractivity contribution in [3.63, 3.8) is 0 Å².